The van der Waals surface area contributed by atoms with Crippen molar-refractivity contribution < 1.29 is 9.59 Å². The molecule has 3 heterocycles. The second-order valence-electron chi connectivity index (χ2n) is 7.72. The summed E-state index contributed by atoms with van der Waals surface area (Å²) in [4.78, 5) is 32.8. The van der Waals surface area contributed by atoms with E-state index in [0.29, 0.717) is 24.4 Å². The van der Waals surface area contributed by atoms with E-state index in [9.17, 15) is 9.59 Å². The third-order valence-electron chi connectivity index (χ3n) is 5.94. The number of piperidine rings is 1. The molecule has 3 fully saturated rings. The van der Waals surface area contributed by atoms with Gasteiger partial charge in [0.2, 0.25) is 11.8 Å². The molecular formula is C18H32N4O2. The van der Waals surface area contributed by atoms with Crippen LogP contribution in [0.1, 0.15) is 33.1 Å². The molecule has 0 bridgehead atoms. The second kappa shape index (κ2) is 7.83. The van der Waals surface area contributed by atoms with Crippen LogP contribution in [0, 0.1) is 5.92 Å². The zero-order valence-electron chi connectivity index (χ0n) is 15.2. The van der Waals surface area contributed by atoms with Gasteiger partial charge >= 0.3 is 0 Å². The average molecular weight is 336 g/mol. The van der Waals surface area contributed by atoms with Crippen LogP contribution in [0.5, 0.6) is 0 Å². The molecule has 2 atom stereocenters. The number of carbonyl (C=O) groups is 2. The van der Waals surface area contributed by atoms with Crippen molar-refractivity contribution >= 4 is 11.8 Å². The molecule has 0 aromatic rings. The average Bonchev–Trinajstić information content (AvgIpc) is 2.96. The van der Waals surface area contributed by atoms with Gasteiger partial charge in [-0.3, -0.25) is 19.4 Å². The zero-order valence-corrected chi connectivity index (χ0v) is 15.2. The predicted molar refractivity (Wildman–Crippen MR) is 93.7 cm³/mol. The molecule has 0 aromatic heterocycles. The maximum Gasteiger partial charge on any atom is 0.236 e. The summed E-state index contributed by atoms with van der Waals surface area (Å²) in [6.07, 6.45) is 3.58. The van der Waals surface area contributed by atoms with Gasteiger partial charge in [0.15, 0.2) is 0 Å². The van der Waals surface area contributed by atoms with Gasteiger partial charge in [-0.2, -0.15) is 0 Å². The Labute approximate surface area is 145 Å². The molecule has 3 aliphatic heterocycles. The topological polar surface area (TPSA) is 47.1 Å². The van der Waals surface area contributed by atoms with Gasteiger partial charge < -0.3 is 9.80 Å². The molecule has 3 rings (SSSR count). The van der Waals surface area contributed by atoms with Crippen LogP contribution in [0.25, 0.3) is 0 Å². The molecule has 6 nitrogen and oxygen atoms in total. The van der Waals surface area contributed by atoms with E-state index in [1.807, 2.05) is 9.80 Å². The van der Waals surface area contributed by atoms with E-state index in [-0.39, 0.29) is 5.91 Å². The smallest absolute Gasteiger partial charge is 0.236 e. The number of nitrogens with zero attached hydrogens (tertiary/aromatic N) is 4. The van der Waals surface area contributed by atoms with Crippen LogP contribution in [0.3, 0.4) is 0 Å². The molecule has 24 heavy (non-hydrogen) atoms. The maximum absolute atomic E-state index is 12.5. The lowest BCUT2D eigenvalue weighted by Crippen LogP contribution is -2.53. The van der Waals surface area contributed by atoms with Crippen LogP contribution in [0.4, 0.5) is 0 Å². The molecule has 136 valence electrons. The van der Waals surface area contributed by atoms with Crippen molar-refractivity contribution in [1.82, 2.24) is 19.6 Å². The zero-order chi connectivity index (χ0) is 17.1. The fourth-order valence-corrected chi connectivity index (χ4v) is 4.46. The van der Waals surface area contributed by atoms with Gasteiger partial charge in [0.1, 0.15) is 0 Å². The first-order valence-electron chi connectivity index (χ1n) is 9.54. The van der Waals surface area contributed by atoms with Crippen LogP contribution in [0.2, 0.25) is 0 Å². The number of rotatable bonds is 3. The summed E-state index contributed by atoms with van der Waals surface area (Å²) in [5.74, 6) is 1.08. The van der Waals surface area contributed by atoms with E-state index in [4.69, 9.17) is 0 Å². The van der Waals surface area contributed by atoms with Crippen LogP contribution in [0.15, 0.2) is 0 Å². The fourth-order valence-electron chi connectivity index (χ4n) is 4.46. The summed E-state index contributed by atoms with van der Waals surface area (Å²) in [6, 6.07) is 0.522. The van der Waals surface area contributed by atoms with Gasteiger partial charge in [-0.15, -0.1) is 0 Å². The molecule has 0 saturated carbocycles. The predicted octanol–water partition coefficient (Wildman–Crippen LogP) is 0.483. The number of piperazine rings is 1. The first kappa shape index (κ1) is 17.7. The highest BCUT2D eigenvalue weighted by atomic mass is 16.2. The molecule has 6 heteroatoms. The largest absolute Gasteiger partial charge is 0.342 e. The Balaban J connectivity index is 1.48. The van der Waals surface area contributed by atoms with Gasteiger partial charge in [0, 0.05) is 65.3 Å². The second-order valence-corrected chi connectivity index (χ2v) is 7.72. The normalized spacial score (nSPS) is 29.9. The third kappa shape index (κ3) is 4.09. The Hall–Kier alpha value is -1.14. The number of likely N-dealkylation sites (tertiary alicyclic amines) is 2. The molecule has 0 spiro atoms. The van der Waals surface area contributed by atoms with Crippen molar-refractivity contribution in [3.8, 4) is 0 Å². The Morgan fingerprint density at radius 1 is 0.875 bits per heavy atom. The number of amides is 2. The highest BCUT2D eigenvalue weighted by Crippen LogP contribution is 2.23. The van der Waals surface area contributed by atoms with E-state index in [1.54, 1.807) is 6.92 Å². The summed E-state index contributed by atoms with van der Waals surface area (Å²) < 4.78 is 0. The lowest BCUT2D eigenvalue weighted by molar-refractivity contribution is -0.133. The molecular weight excluding hydrogens is 304 g/mol. The molecule has 0 aromatic carbocycles. The standard InChI is InChI=1S/C18H32N4O2/c1-15-12-19(14-18(24)22-6-4-3-5-7-22)13-17(15)21-10-8-20(9-11-21)16(2)23/h15,17H,3-14H2,1-2H3. The molecule has 2 unspecified atom stereocenters. The van der Waals surface area contributed by atoms with Crippen molar-refractivity contribution in [3.63, 3.8) is 0 Å². The lowest BCUT2D eigenvalue weighted by Gasteiger charge is -2.39. The molecule has 0 radical (unpaired) electrons. The monoisotopic (exact) mass is 336 g/mol. The van der Waals surface area contributed by atoms with Crippen LogP contribution >= 0.6 is 0 Å². The third-order valence-corrected chi connectivity index (χ3v) is 5.94. The lowest BCUT2D eigenvalue weighted by atomic mass is 10.0. The van der Waals surface area contributed by atoms with Crippen molar-refractivity contribution in [3.05, 3.63) is 0 Å². The maximum atomic E-state index is 12.5. The summed E-state index contributed by atoms with van der Waals surface area (Å²) in [7, 11) is 0. The Morgan fingerprint density at radius 3 is 2.17 bits per heavy atom. The van der Waals surface area contributed by atoms with Gasteiger partial charge in [-0.1, -0.05) is 6.92 Å². The summed E-state index contributed by atoms with van der Waals surface area (Å²) in [6.45, 7) is 12.0. The minimum absolute atomic E-state index is 0.183. The van der Waals surface area contributed by atoms with Gasteiger partial charge in [0.25, 0.3) is 0 Å². The van der Waals surface area contributed by atoms with Gasteiger partial charge in [-0.05, 0) is 25.2 Å². The van der Waals surface area contributed by atoms with E-state index < -0.39 is 0 Å². The molecule has 0 N–H and O–H groups in total. The van der Waals surface area contributed by atoms with Crippen molar-refractivity contribution in [2.24, 2.45) is 5.92 Å². The van der Waals surface area contributed by atoms with Crippen molar-refractivity contribution in [1.29, 1.82) is 0 Å². The van der Waals surface area contributed by atoms with Gasteiger partial charge in [0.05, 0.1) is 6.54 Å². The summed E-state index contributed by atoms with van der Waals surface area (Å²) in [5.41, 5.74) is 0. The number of hydrogen-bond donors (Lipinski definition) is 0. The highest BCUT2D eigenvalue weighted by molar-refractivity contribution is 5.78. The minimum Gasteiger partial charge on any atom is -0.342 e. The van der Waals surface area contributed by atoms with Crippen LogP contribution < -0.4 is 0 Å². The molecule has 3 saturated heterocycles. The Bertz CT molecular complexity index is 456. The van der Waals surface area contributed by atoms with Gasteiger partial charge in [-0.25, -0.2) is 0 Å². The fraction of sp³-hybridized carbons (Fsp3) is 0.889. The van der Waals surface area contributed by atoms with E-state index >= 15 is 0 Å². The Morgan fingerprint density at radius 2 is 1.54 bits per heavy atom. The number of hydrogen-bond acceptors (Lipinski definition) is 4. The molecule has 2 amide bonds. The molecule has 0 aliphatic carbocycles. The van der Waals surface area contributed by atoms with E-state index in [1.165, 1.54) is 6.42 Å². The Kier molecular flexibility index (Phi) is 5.76. The van der Waals surface area contributed by atoms with E-state index in [2.05, 4.69) is 16.7 Å². The van der Waals surface area contributed by atoms with Crippen LogP contribution in [-0.2, 0) is 9.59 Å². The highest BCUT2D eigenvalue weighted by Gasteiger charge is 2.36. The summed E-state index contributed by atoms with van der Waals surface area (Å²) >= 11 is 0. The molecule has 3 aliphatic rings. The van der Waals surface area contributed by atoms with Crippen LogP contribution in [-0.4, -0.2) is 96.4 Å². The van der Waals surface area contributed by atoms with Crippen molar-refractivity contribution in [2.45, 2.75) is 39.2 Å². The number of carbonyl (C=O) groups excluding carboxylic acids is 2. The SMILES string of the molecule is CC(=O)N1CCN(C2CN(CC(=O)N3CCCCC3)CC2C)CC1. The van der Waals surface area contributed by atoms with E-state index in [0.717, 1.165) is 65.2 Å². The first-order valence-corrected chi connectivity index (χ1v) is 9.54. The first-order chi connectivity index (χ1) is 11.5. The minimum atomic E-state index is 0.183. The summed E-state index contributed by atoms with van der Waals surface area (Å²) in [5, 5.41) is 0. The quantitative estimate of drug-likeness (QED) is 0.752. The van der Waals surface area contributed by atoms with Crippen molar-refractivity contribution in [2.75, 3.05) is 58.9 Å².